The average Bonchev–Trinajstić information content (AvgIpc) is 2.62. The first-order chi connectivity index (χ1) is 11.3. The molecule has 2 nitrogen and oxygen atoms in total. The van der Waals surface area contributed by atoms with Gasteiger partial charge in [0.25, 0.3) is 0 Å². The molecule has 3 rings (SSSR count). The zero-order valence-electron chi connectivity index (χ0n) is 13.6. The molecule has 0 aliphatic carbocycles. The van der Waals surface area contributed by atoms with Gasteiger partial charge in [-0.3, -0.25) is 0 Å². The van der Waals surface area contributed by atoms with Crippen LogP contribution in [0.3, 0.4) is 0 Å². The summed E-state index contributed by atoms with van der Waals surface area (Å²) in [5.41, 5.74) is 1.38. The number of rotatable bonds is 7. The van der Waals surface area contributed by atoms with Crippen LogP contribution in [0.2, 0.25) is 0 Å². The highest BCUT2D eigenvalue weighted by Gasteiger charge is 2.07. The third kappa shape index (κ3) is 4.11. The Morgan fingerprint density at radius 2 is 1.61 bits per heavy atom. The van der Waals surface area contributed by atoms with Gasteiger partial charge in [-0.2, -0.15) is 0 Å². The second kappa shape index (κ2) is 7.80. The molecule has 0 bridgehead atoms. The number of fused-ring (bicyclic) bond motifs is 1. The minimum absolute atomic E-state index is 0.494. The van der Waals surface area contributed by atoms with Gasteiger partial charge >= 0.3 is 0 Å². The zero-order valence-corrected chi connectivity index (χ0v) is 13.6. The standard InChI is InChI=1S/C21H23NO/c1-17(18-9-3-2-4-10-18)22-15-8-16-23-21-14-7-12-19-11-5-6-13-20(19)21/h2-7,9-14,17,22H,8,15-16H2,1H3/p+1/t17-/m0/s1. The lowest BCUT2D eigenvalue weighted by Gasteiger charge is -2.12. The van der Waals surface area contributed by atoms with Crippen LogP contribution in [-0.2, 0) is 0 Å². The molecule has 118 valence electrons. The Hall–Kier alpha value is -2.32. The Kier molecular flexibility index (Phi) is 5.28. The van der Waals surface area contributed by atoms with E-state index in [1.165, 1.54) is 16.3 Å². The van der Waals surface area contributed by atoms with Crippen LogP contribution in [0.15, 0.2) is 72.8 Å². The van der Waals surface area contributed by atoms with Crippen molar-refractivity contribution in [3.63, 3.8) is 0 Å². The average molecular weight is 306 g/mol. The van der Waals surface area contributed by atoms with E-state index in [0.29, 0.717) is 6.04 Å². The summed E-state index contributed by atoms with van der Waals surface area (Å²) in [6, 6.07) is 25.7. The number of hydrogen-bond acceptors (Lipinski definition) is 1. The first-order valence-electron chi connectivity index (χ1n) is 8.33. The summed E-state index contributed by atoms with van der Waals surface area (Å²) >= 11 is 0. The van der Waals surface area contributed by atoms with Crippen LogP contribution < -0.4 is 10.1 Å². The predicted octanol–water partition coefficient (Wildman–Crippen LogP) is 3.93. The molecule has 0 unspecified atom stereocenters. The SMILES string of the molecule is C[C@H]([NH2+]CCCOc1cccc2ccccc12)c1ccccc1. The van der Waals surface area contributed by atoms with Crippen LogP contribution in [0.4, 0.5) is 0 Å². The highest BCUT2D eigenvalue weighted by atomic mass is 16.5. The summed E-state index contributed by atoms with van der Waals surface area (Å²) in [6.45, 7) is 4.08. The molecule has 0 radical (unpaired) electrons. The van der Waals surface area contributed by atoms with Gasteiger partial charge in [0.05, 0.1) is 13.2 Å². The molecule has 0 aliphatic rings. The Morgan fingerprint density at radius 1 is 0.870 bits per heavy atom. The highest BCUT2D eigenvalue weighted by molar-refractivity contribution is 5.88. The van der Waals surface area contributed by atoms with Crippen molar-refractivity contribution in [2.75, 3.05) is 13.2 Å². The number of hydrogen-bond donors (Lipinski definition) is 1. The van der Waals surface area contributed by atoms with Crippen molar-refractivity contribution >= 4 is 10.8 Å². The lowest BCUT2D eigenvalue weighted by molar-refractivity contribution is -0.693. The number of benzene rings is 3. The minimum atomic E-state index is 0.494. The van der Waals surface area contributed by atoms with E-state index in [4.69, 9.17) is 4.74 Å². The number of ether oxygens (including phenoxy) is 1. The zero-order chi connectivity index (χ0) is 15.9. The third-order valence-corrected chi connectivity index (χ3v) is 4.20. The normalized spacial score (nSPS) is 12.2. The molecule has 0 fully saturated rings. The second-order valence-electron chi connectivity index (χ2n) is 5.90. The Labute approximate surface area is 138 Å². The molecule has 3 aromatic rings. The van der Waals surface area contributed by atoms with Gasteiger partial charge in [0.2, 0.25) is 0 Å². The van der Waals surface area contributed by atoms with Crippen molar-refractivity contribution < 1.29 is 10.1 Å². The third-order valence-electron chi connectivity index (χ3n) is 4.20. The first-order valence-corrected chi connectivity index (χ1v) is 8.33. The summed E-state index contributed by atoms with van der Waals surface area (Å²) in [6.07, 6.45) is 1.04. The summed E-state index contributed by atoms with van der Waals surface area (Å²) < 4.78 is 5.99. The molecular formula is C21H24NO+. The monoisotopic (exact) mass is 306 g/mol. The van der Waals surface area contributed by atoms with E-state index in [9.17, 15) is 0 Å². The van der Waals surface area contributed by atoms with Gasteiger partial charge in [0.15, 0.2) is 0 Å². The molecule has 23 heavy (non-hydrogen) atoms. The lowest BCUT2D eigenvalue weighted by atomic mass is 10.1. The van der Waals surface area contributed by atoms with Crippen LogP contribution in [-0.4, -0.2) is 13.2 Å². The fourth-order valence-electron chi connectivity index (χ4n) is 2.85. The fourth-order valence-corrected chi connectivity index (χ4v) is 2.85. The van der Waals surface area contributed by atoms with E-state index in [2.05, 4.69) is 85.0 Å². The Balaban J connectivity index is 1.46. The molecule has 2 heteroatoms. The van der Waals surface area contributed by atoms with Gasteiger partial charge in [-0.05, 0) is 18.4 Å². The van der Waals surface area contributed by atoms with Gasteiger partial charge in [-0.1, -0.05) is 66.7 Å². The van der Waals surface area contributed by atoms with Crippen LogP contribution in [0.1, 0.15) is 24.9 Å². The first kappa shape index (κ1) is 15.6. The van der Waals surface area contributed by atoms with Crippen molar-refractivity contribution in [2.24, 2.45) is 0 Å². The molecule has 2 N–H and O–H groups in total. The smallest absolute Gasteiger partial charge is 0.127 e. The molecule has 0 spiro atoms. The van der Waals surface area contributed by atoms with Gasteiger partial charge in [0, 0.05) is 17.4 Å². The van der Waals surface area contributed by atoms with E-state index >= 15 is 0 Å². The maximum Gasteiger partial charge on any atom is 0.127 e. The maximum atomic E-state index is 5.99. The molecule has 0 amide bonds. The van der Waals surface area contributed by atoms with E-state index in [-0.39, 0.29) is 0 Å². The van der Waals surface area contributed by atoms with Crippen LogP contribution in [0.5, 0.6) is 5.75 Å². The summed E-state index contributed by atoms with van der Waals surface area (Å²) in [7, 11) is 0. The highest BCUT2D eigenvalue weighted by Crippen LogP contribution is 2.25. The predicted molar refractivity (Wildman–Crippen MR) is 95.7 cm³/mol. The van der Waals surface area contributed by atoms with Gasteiger partial charge < -0.3 is 10.1 Å². The molecule has 1 atom stereocenters. The molecule has 0 saturated carbocycles. The molecule has 0 heterocycles. The van der Waals surface area contributed by atoms with Gasteiger partial charge in [-0.25, -0.2) is 0 Å². The molecule has 3 aromatic carbocycles. The molecular weight excluding hydrogens is 282 g/mol. The van der Waals surface area contributed by atoms with E-state index in [0.717, 1.165) is 25.3 Å². The summed E-state index contributed by atoms with van der Waals surface area (Å²) in [5.74, 6) is 0.985. The molecule has 0 aliphatic heterocycles. The van der Waals surface area contributed by atoms with Crippen molar-refractivity contribution in [3.05, 3.63) is 78.4 Å². The molecule has 0 saturated heterocycles. The van der Waals surface area contributed by atoms with E-state index in [1.54, 1.807) is 0 Å². The summed E-state index contributed by atoms with van der Waals surface area (Å²) in [5, 5.41) is 4.80. The van der Waals surface area contributed by atoms with Crippen LogP contribution in [0, 0.1) is 0 Å². The van der Waals surface area contributed by atoms with Crippen molar-refractivity contribution in [1.29, 1.82) is 0 Å². The van der Waals surface area contributed by atoms with Crippen LogP contribution >= 0.6 is 0 Å². The van der Waals surface area contributed by atoms with E-state index < -0.39 is 0 Å². The van der Waals surface area contributed by atoms with E-state index in [1.807, 2.05) is 0 Å². The number of nitrogens with two attached hydrogens (primary N) is 1. The largest absolute Gasteiger partial charge is 0.493 e. The minimum Gasteiger partial charge on any atom is -0.493 e. The summed E-state index contributed by atoms with van der Waals surface area (Å²) in [4.78, 5) is 0. The quantitative estimate of drug-likeness (QED) is 0.658. The fraction of sp³-hybridized carbons (Fsp3) is 0.238. The van der Waals surface area contributed by atoms with Crippen molar-refractivity contribution in [2.45, 2.75) is 19.4 Å². The second-order valence-corrected chi connectivity index (χ2v) is 5.90. The lowest BCUT2D eigenvalue weighted by Crippen LogP contribution is -2.84. The van der Waals surface area contributed by atoms with Crippen LogP contribution in [0.25, 0.3) is 10.8 Å². The topological polar surface area (TPSA) is 25.8 Å². The van der Waals surface area contributed by atoms with Crippen molar-refractivity contribution in [1.82, 2.24) is 0 Å². The maximum absolute atomic E-state index is 5.99. The number of quaternary nitrogens is 1. The van der Waals surface area contributed by atoms with Gasteiger partial charge in [-0.15, -0.1) is 0 Å². The molecule has 0 aromatic heterocycles. The van der Waals surface area contributed by atoms with Gasteiger partial charge in [0.1, 0.15) is 11.8 Å². The Morgan fingerprint density at radius 3 is 2.48 bits per heavy atom. The van der Waals surface area contributed by atoms with Crippen molar-refractivity contribution in [3.8, 4) is 5.75 Å². The Bertz CT molecular complexity index is 734.